The Bertz CT molecular complexity index is 259. The van der Waals surface area contributed by atoms with E-state index in [4.69, 9.17) is 16.3 Å². The van der Waals surface area contributed by atoms with Gasteiger partial charge < -0.3 is 10.1 Å². The predicted octanol–water partition coefficient (Wildman–Crippen LogP) is 2.08. The number of alkyl halides is 1. The third-order valence-electron chi connectivity index (χ3n) is 3.71. The van der Waals surface area contributed by atoms with Gasteiger partial charge in [0.15, 0.2) is 0 Å². The second-order valence-electron chi connectivity index (χ2n) is 4.97. The normalized spacial score (nSPS) is 38.9. The molecule has 2 rings (SSSR count). The molecule has 92 valence electrons. The zero-order valence-electron chi connectivity index (χ0n) is 9.75. The zero-order valence-corrected chi connectivity index (χ0v) is 10.5. The van der Waals surface area contributed by atoms with E-state index in [-0.39, 0.29) is 24.2 Å². The van der Waals surface area contributed by atoms with Gasteiger partial charge in [0, 0.05) is 11.9 Å². The molecule has 0 spiro atoms. The Kier molecular flexibility index (Phi) is 4.09. The number of hydrogen-bond acceptors (Lipinski definition) is 2. The van der Waals surface area contributed by atoms with Crippen LogP contribution in [0.2, 0.25) is 0 Å². The number of halogens is 1. The molecule has 16 heavy (non-hydrogen) atoms. The molecule has 1 saturated carbocycles. The summed E-state index contributed by atoms with van der Waals surface area (Å²) >= 11 is 5.89. The number of rotatable bonds is 3. The number of amides is 1. The third-order valence-corrected chi connectivity index (χ3v) is 4.11. The molecule has 0 aromatic rings. The van der Waals surface area contributed by atoms with Gasteiger partial charge in [-0.25, -0.2) is 0 Å². The second kappa shape index (κ2) is 5.37. The van der Waals surface area contributed by atoms with E-state index in [0.717, 1.165) is 25.7 Å². The maximum Gasteiger partial charge on any atom is 0.249 e. The fourth-order valence-corrected chi connectivity index (χ4v) is 3.05. The highest BCUT2D eigenvalue weighted by Crippen LogP contribution is 2.27. The highest BCUT2D eigenvalue weighted by Gasteiger charge is 2.33. The van der Waals surface area contributed by atoms with Crippen LogP contribution in [0.1, 0.15) is 39.0 Å². The van der Waals surface area contributed by atoms with Crippen molar-refractivity contribution in [3.8, 4) is 0 Å². The molecule has 0 bridgehead atoms. The molecule has 1 amide bonds. The lowest BCUT2D eigenvalue weighted by atomic mass is 10.1. The van der Waals surface area contributed by atoms with Crippen LogP contribution in [-0.2, 0) is 9.53 Å². The summed E-state index contributed by atoms with van der Waals surface area (Å²) in [6, 6.07) is 0.268. The van der Waals surface area contributed by atoms with Gasteiger partial charge in [0.2, 0.25) is 5.91 Å². The smallest absolute Gasteiger partial charge is 0.249 e. The number of hydrogen-bond donors (Lipinski definition) is 1. The van der Waals surface area contributed by atoms with Crippen LogP contribution < -0.4 is 5.32 Å². The van der Waals surface area contributed by atoms with Crippen LogP contribution in [0.15, 0.2) is 0 Å². The Balaban J connectivity index is 1.82. The molecule has 0 radical (unpaired) electrons. The average molecular weight is 246 g/mol. The van der Waals surface area contributed by atoms with Crippen molar-refractivity contribution in [3.63, 3.8) is 0 Å². The van der Waals surface area contributed by atoms with Gasteiger partial charge in [-0.15, -0.1) is 11.6 Å². The van der Waals surface area contributed by atoms with Crippen molar-refractivity contribution in [3.05, 3.63) is 0 Å². The minimum atomic E-state index is -0.230. The summed E-state index contributed by atoms with van der Waals surface area (Å²) in [5.74, 6) is 1.16. The fraction of sp³-hybridized carbons (Fsp3) is 0.917. The van der Waals surface area contributed by atoms with E-state index in [1.807, 2.05) is 6.92 Å². The standard InChI is InChI=1S/C12H20ClNO2/c1-8-5-6-11(16-8)12(15)14-10-4-2-3-9(10)7-13/h8-11H,2-7H2,1H3,(H,14,15). The van der Waals surface area contributed by atoms with Crippen molar-refractivity contribution in [1.82, 2.24) is 5.32 Å². The number of ether oxygens (including phenoxy) is 1. The first-order valence-electron chi connectivity index (χ1n) is 6.22. The molecule has 4 atom stereocenters. The average Bonchev–Trinajstić information content (AvgIpc) is 2.86. The molecule has 1 saturated heterocycles. The Morgan fingerprint density at radius 2 is 2.19 bits per heavy atom. The van der Waals surface area contributed by atoms with Gasteiger partial charge in [-0.05, 0) is 38.5 Å². The summed E-state index contributed by atoms with van der Waals surface area (Å²) in [6.07, 6.45) is 5.20. The van der Waals surface area contributed by atoms with Crippen molar-refractivity contribution in [2.45, 2.75) is 57.3 Å². The van der Waals surface area contributed by atoms with Gasteiger partial charge in [-0.2, -0.15) is 0 Å². The summed E-state index contributed by atoms with van der Waals surface area (Å²) < 4.78 is 5.56. The van der Waals surface area contributed by atoms with E-state index in [0.29, 0.717) is 11.8 Å². The van der Waals surface area contributed by atoms with Crippen LogP contribution in [0.3, 0.4) is 0 Å². The summed E-state index contributed by atoms with van der Waals surface area (Å²) in [5.41, 5.74) is 0. The van der Waals surface area contributed by atoms with Crippen LogP contribution in [0.4, 0.5) is 0 Å². The van der Waals surface area contributed by atoms with Gasteiger partial charge in [0.05, 0.1) is 6.10 Å². The molecule has 1 aliphatic carbocycles. The van der Waals surface area contributed by atoms with Crippen LogP contribution >= 0.6 is 11.6 Å². The Morgan fingerprint density at radius 1 is 1.38 bits per heavy atom. The molecule has 2 fully saturated rings. The molecule has 1 aliphatic heterocycles. The van der Waals surface area contributed by atoms with E-state index in [9.17, 15) is 4.79 Å². The van der Waals surface area contributed by atoms with Crippen molar-refractivity contribution in [1.29, 1.82) is 0 Å². The van der Waals surface area contributed by atoms with E-state index in [1.54, 1.807) is 0 Å². The first-order valence-corrected chi connectivity index (χ1v) is 6.76. The lowest BCUT2D eigenvalue weighted by Gasteiger charge is -2.21. The van der Waals surface area contributed by atoms with E-state index in [1.165, 1.54) is 6.42 Å². The van der Waals surface area contributed by atoms with E-state index < -0.39 is 0 Å². The molecule has 3 nitrogen and oxygen atoms in total. The molecular weight excluding hydrogens is 226 g/mol. The number of nitrogens with one attached hydrogen (secondary N) is 1. The maximum atomic E-state index is 11.9. The molecule has 2 aliphatic rings. The Labute approximate surface area is 102 Å². The van der Waals surface area contributed by atoms with Crippen LogP contribution in [0.25, 0.3) is 0 Å². The topological polar surface area (TPSA) is 38.3 Å². The van der Waals surface area contributed by atoms with Crippen molar-refractivity contribution >= 4 is 17.5 Å². The second-order valence-corrected chi connectivity index (χ2v) is 5.28. The van der Waals surface area contributed by atoms with E-state index >= 15 is 0 Å². The van der Waals surface area contributed by atoms with Crippen LogP contribution in [0.5, 0.6) is 0 Å². The molecule has 1 N–H and O–H groups in total. The summed E-state index contributed by atoms with van der Waals surface area (Å²) in [4.78, 5) is 11.9. The minimum absolute atomic E-state index is 0.0615. The van der Waals surface area contributed by atoms with Crippen LogP contribution in [-0.4, -0.2) is 30.0 Å². The van der Waals surface area contributed by atoms with Crippen molar-refractivity contribution < 1.29 is 9.53 Å². The SMILES string of the molecule is CC1CCC(C(=O)NC2CCCC2CCl)O1. The van der Waals surface area contributed by atoms with Crippen molar-refractivity contribution in [2.75, 3.05) is 5.88 Å². The van der Waals surface area contributed by atoms with Gasteiger partial charge in [-0.1, -0.05) is 6.42 Å². The summed E-state index contributed by atoms with van der Waals surface area (Å²) in [6.45, 7) is 2.02. The lowest BCUT2D eigenvalue weighted by Crippen LogP contribution is -2.43. The molecule has 1 heterocycles. The summed E-state index contributed by atoms with van der Waals surface area (Å²) in [5, 5.41) is 3.09. The fourth-order valence-electron chi connectivity index (χ4n) is 2.68. The lowest BCUT2D eigenvalue weighted by molar-refractivity contribution is -0.132. The first-order chi connectivity index (χ1) is 7.70. The van der Waals surface area contributed by atoms with Gasteiger partial charge in [0.1, 0.15) is 6.10 Å². The Morgan fingerprint density at radius 3 is 2.81 bits per heavy atom. The van der Waals surface area contributed by atoms with E-state index in [2.05, 4.69) is 5.32 Å². The molecule has 0 aromatic carbocycles. The zero-order chi connectivity index (χ0) is 11.5. The maximum absolute atomic E-state index is 11.9. The predicted molar refractivity (Wildman–Crippen MR) is 63.6 cm³/mol. The van der Waals surface area contributed by atoms with Crippen LogP contribution in [0, 0.1) is 5.92 Å². The molecule has 0 aromatic heterocycles. The number of carbonyl (C=O) groups excluding carboxylic acids is 1. The molecule has 4 unspecified atom stereocenters. The quantitative estimate of drug-likeness (QED) is 0.774. The van der Waals surface area contributed by atoms with Gasteiger partial charge >= 0.3 is 0 Å². The Hall–Kier alpha value is -0.280. The minimum Gasteiger partial charge on any atom is -0.365 e. The van der Waals surface area contributed by atoms with Gasteiger partial charge in [0.25, 0.3) is 0 Å². The highest BCUT2D eigenvalue weighted by molar-refractivity contribution is 6.18. The van der Waals surface area contributed by atoms with Gasteiger partial charge in [-0.3, -0.25) is 4.79 Å². The number of carbonyl (C=O) groups is 1. The molecular formula is C12H20ClNO2. The summed E-state index contributed by atoms with van der Waals surface area (Å²) in [7, 11) is 0. The van der Waals surface area contributed by atoms with Crippen molar-refractivity contribution in [2.24, 2.45) is 5.92 Å². The first kappa shape index (κ1) is 12.2. The monoisotopic (exact) mass is 245 g/mol. The largest absolute Gasteiger partial charge is 0.365 e. The third kappa shape index (κ3) is 2.69. The highest BCUT2D eigenvalue weighted by atomic mass is 35.5. The molecule has 4 heteroatoms.